The molecule has 7 heteroatoms. The predicted octanol–water partition coefficient (Wildman–Crippen LogP) is 3.99. The summed E-state index contributed by atoms with van der Waals surface area (Å²) in [7, 11) is 0. The van der Waals surface area contributed by atoms with Crippen molar-refractivity contribution >= 4 is 22.8 Å². The van der Waals surface area contributed by atoms with Crippen molar-refractivity contribution in [3.8, 4) is 17.0 Å². The second-order valence-electron chi connectivity index (χ2n) is 6.78. The Labute approximate surface area is 178 Å². The number of rotatable bonds is 5. The molecule has 0 bridgehead atoms. The Morgan fingerprint density at radius 1 is 0.968 bits per heavy atom. The normalized spacial score (nSPS) is 11.6. The van der Waals surface area contributed by atoms with Gasteiger partial charge in [-0.3, -0.25) is 14.6 Å². The van der Waals surface area contributed by atoms with Gasteiger partial charge >= 0.3 is 5.97 Å². The maximum absolute atomic E-state index is 13.3. The highest BCUT2D eigenvalue weighted by Crippen LogP contribution is 2.35. The molecule has 154 valence electrons. The van der Waals surface area contributed by atoms with Crippen molar-refractivity contribution in [2.24, 2.45) is 0 Å². The topological polar surface area (TPSA) is 101 Å². The molecular formula is C24H19N3O4. The Morgan fingerprint density at radius 3 is 2.39 bits per heavy atom. The fourth-order valence-electron chi connectivity index (χ4n) is 3.28. The van der Waals surface area contributed by atoms with Gasteiger partial charge < -0.3 is 15.2 Å². The molecule has 0 aliphatic heterocycles. The molecule has 2 aromatic heterocycles. The summed E-state index contributed by atoms with van der Waals surface area (Å²) in [6.45, 7) is 1.24. The molecule has 0 fully saturated rings. The Kier molecular flexibility index (Phi) is 5.57. The molecule has 2 N–H and O–H groups in total. The Morgan fingerprint density at radius 2 is 1.68 bits per heavy atom. The van der Waals surface area contributed by atoms with Crippen molar-refractivity contribution < 1.29 is 19.4 Å². The minimum absolute atomic E-state index is 0.0394. The Balaban J connectivity index is 1.81. The number of amides is 1. The highest BCUT2D eigenvalue weighted by atomic mass is 16.6. The molecule has 7 nitrogen and oxygen atoms in total. The van der Waals surface area contributed by atoms with E-state index < -0.39 is 18.1 Å². The SMILES string of the molecule is CC(=O)OC(NC(=O)c1c(O)c(-c2ccccc2)nc2ccccc12)c1ccccn1. The van der Waals surface area contributed by atoms with Crippen LogP contribution in [0.1, 0.15) is 29.2 Å². The van der Waals surface area contributed by atoms with Gasteiger partial charge in [0.15, 0.2) is 5.75 Å². The lowest BCUT2D eigenvalue weighted by Crippen LogP contribution is -2.32. The molecule has 0 aliphatic rings. The molecule has 1 amide bonds. The maximum Gasteiger partial charge on any atom is 0.304 e. The van der Waals surface area contributed by atoms with Crippen LogP contribution in [-0.2, 0) is 9.53 Å². The molecule has 0 saturated carbocycles. The second kappa shape index (κ2) is 8.62. The van der Waals surface area contributed by atoms with E-state index in [-0.39, 0.29) is 17.0 Å². The van der Waals surface area contributed by atoms with E-state index in [0.29, 0.717) is 22.2 Å². The van der Waals surface area contributed by atoms with Crippen molar-refractivity contribution in [3.05, 3.63) is 90.3 Å². The smallest absolute Gasteiger partial charge is 0.304 e. The van der Waals surface area contributed by atoms with E-state index in [1.807, 2.05) is 18.2 Å². The van der Waals surface area contributed by atoms with Crippen LogP contribution in [-0.4, -0.2) is 27.0 Å². The lowest BCUT2D eigenvalue weighted by molar-refractivity contribution is -0.147. The van der Waals surface area contributed by atoms with Crippen LogP contribution >= 0.6 is 0 Å². The summed E-state index contributed by atoms with van der Waals surface area (Å²) in [5.41, 5.74) is 1.89. The number of aromatic nitrogens is 2. The zero-order chi connectivity index (χ0) is 21.8. The third-order valence-corrected chi connectivity index (χ3v) is 4.64. The standard InChI is InChI=1S/C24H19N3O4/c1-15(28)31-24(19-13-7-8-14-25-19)27-23(30)20-17-11-5-6-12-18(17)26-21(22(20)29)16-9-3-2-4-10-16/h2-14,24,29H,1H3,(H,27,30). The first-order valence-corrected chi connectivity index (χ1v) is 9.60. The molecule has 1 atom stereocenters. The number of aromatic hydroxyl groups is 1. The van der Waals surface area contributed by atoms with Gasteiger partial charge in [-0.2, -0.15) is 0 Å². The third kappa shape index (κ3) is 4.20. The van der Waals surface area contributed by atoms with Gasteiger partial charge in [0.1, 0.15) is 11.4 Å². The lowest BCUT2D eigenvalue weighted by Gasteiger charge is -2.19. The van der Waals surface area contributed by atoms with E-state index in [9.17, 15) is 14.7 Å². The van der Waals surface area contributed by atoms with Crippen LogP contribution in [0, 0.1) is 0 Å². The van der Waals surface area contributed by atoms with Gasteiger partial charge in [-0.15, -0.1) is 0 Å². The average Bonchev–Trinajstić information content (AvgIpc) is 2.79. The van der Waals surface area contributed by atoms with Crippen LogP contribution in [0.3, 0.4) is 0 Å². The summed E-state index contributed by atoms with van der Waals surface area (Å²) in [6.07, 6.45) is 0.419. The highest BCUT2D eigenvalue weighted by Gasteiger charge is 2.25. The molecule has 1 unspecified atom stereocenters. The van der Waals surface area contributed by atoms with Crippen LogP contribution in [0.4, 0.5) is 0 Å². The first-order chi connectivity index (χ1) is 15.0. The number of nitrogens with zero attached hydrogens (tertiary/aromatic N) is 2. The van der Waals surface area contributed by atoms with Gasteiger partial charge in [-0.05, 0) is 18.2 Å². The molecule has 0 radical (unpaired) electrons. The van der Waals surface area contributed by atoms with Crippen molar-refractivity contribution in [1.29, 1.82) is 0 Å². The quantitative estimate of drug-likeness (QED) is 0.379. The van der Waals surface area contributed by atoms with Crippen molar-refractivity contribution in [1.82, 2.24) is 15.3 Å². The largest absolute Gasteiger partial charge is 0.505 e. The molecule has 0 spiro atoms. The second-order valence-corrected chi connectivity index (χ2v) is 6.78. The zero-order valence-corrected chi connectivity index (χ0v) is 16.6. The molecular weight excluding hydrogens is 394 g/mol. The molecule has 31 heavy (non-hydrogen) atoms. The molecule has 0 saturated heterocycles. The number of carbonyl (C=O) groups excluding carboxylic acids is 2. The first kappa shape index (κ1) is 20.0. The first-order valence-electron chi connectivity index (χ1n) is 9.60. The van der Waals surface area contributed by atoms with E-state index in [2.05, 4.69) is 15.3 Å². The molecule has 0 aliphatic carbocycles. The van der Waals surface area contributed by atoms with E-state index in [0.717, 1.165) is 0 Å². The summed E-state index contributed by atoms with van der Waals surface area (Å²) < 4.78 is 5.26. The van der Waals surface area contributed by atoms with Crippen molar-refractivity contribution in [3.63, 3.8) is 0 Å². The third-order valence-electron chi connectivity index (χ3n) is 4.64. The van der Waals surface area contributed by atoms with Gasteiger partial charge in [0, 0.05) is 24.1 Å². The van der Waals surface area contributed by atoms with E-state index in [1.54, 1.807) is 54.6 Å². The summed E-state index contributed by atoms with van der Waals surface area (Å²) in [6, 6.07) is 21.2. The van der Waals surface area contributed by atoms with Gasteiger partial charge in [-0.25, -0.2) is 4.98 Å². The number of ether oxygens (including phenoxy) is 1. The maximum atomic E-state index is 13.3. The van der Waals surface area contributed by atoms with E-state index in [1.165, 1.54) is 13.1 Å². The monoisotopic (exact) mass is 413 g/mol. The van der Waals surface area contributed by atoms with Gasteiger partial charge in [0.25, 0.3) is 5.91 Å². The van der Waals surface area contributed by atoms with E-state index in [4.69, 9.17) is 4.74 Å². The van der Waals surface area contributed by atoms with Gasteiger partial charge in [0.05, 0.1) is 11.1 Å². The van der Waals surface area contributed by atoms with Crippen LogP contribution in [0.25, 0.3) is 22.2 Å². The molecule has 4 rings (SSSR count). The number of esters is 1. The number of hydrogen-bond acceptors (Lipinski definition) is 6. The van der Waals surface area contributed by atoms with Crippen LogP contribution in [0.5, 0.6) is 5.75 Å². The summed E-state index contributed by atoms with van der Waals surface area (Å²) in [5, 5.41) is 14.2. The van der Waals surface area contributed by atoms with Crippen LogP contribution < -0.4 is 5.32 Å². The van der Waals surface area contributed by atoms with Crippen LogP contribution in [0.2, 0.25) is 0 Å². The van der Waals surface area contributed by atoms with Gasteiger partial charge in [-0.1, -0.05) is 54.6 Å². The summed E-state index contributed by atoms with van der Waals surface area (Å²) in [4.78, 5) is 33.6. The minimum atomic E-state index is -1.11. The number of para-hydroxylation sites is 1. The predicted molar refractivity (Wildman–Crippen MR) is 115 cm³/mol. The molecule has 2 aromatic carbocycles. The molecule has 4 aromatic rings. The molecule has 2 heterocycles. The van der Waals surface area contributed by atoms with Crippen molar-refractivity contribution in [2.45, 2.75) is 13.2 Å². The lowest BCUT2D eigenvalue weighted by atomic mass is 10.0. The Bertz CT molecular complexity index is 1240. The zero-order valence-electron chi connectivity index (χ0n) is 16.6. The minimum Gasteiger partial charge on any atom is -0.505 e. The van der Waals surface area contributed by atoms with Crippen LogP contribution in [0.15, 0.2) is 79.0 Å². The number of carbonyl (C=O) groups is 2. The number of hydrogen-bond donors (Lipinski definition) is 2. The number of benzene rings is 2. The number of nitrogens with one attached hydrogen (secondary N) is 1. The summed E-state index contributed by atoms with van der Waals surface area (Å²) in [5.74, 6) is -1.46. The average molecular weight is 413 g/mol. The van der Waals surface area contributed by atoms with Gasteiger partial charge in [0.2, 0.25) is 6.23 Å². The number of pyridine rings is 2. The van der Waals surface area contributed by atoms with E-state index >= 15 is 0 Å². The number of fused-ring (bicyclic) bond motifs is 1. The summed E-state index contributed by atoms with van der Waals surface area (Å²) >= 11 is 0. The fourth-order valence-corrected chi connectivity index (χ4v) is 3.28. The highest BCUT2D eigenvalue weighted by molar-refractivity contribution is 6.10. The van der Waals surface area contributed by atoms with Crippen molar-refractivity contribution in [2.75, 3.05) is 0 Å². The Hall–Kier alpha value is -4.26. The fraction of sp³-hybridized carbons (Fsp3) is 0.0833.